The maximum atomic E-state index is 10.9. The summed E-state index contributed by atoms with van der Waals surface area (Å²) in [6, 6.07) is 0.658. The Balaban J connectivity index is 2.14. The van der Waals surface area contributed by atoms with Crippen molar-refractivity contribution in [3.05, 3.63) is 0 Å². The van der Waals surface area contributed by atoms with E-state index < -0.39 is 9.84 Å². The minimum Gasteiger partial charge on any atom is -0.314 e. The topological polar surface area (TPSA) is 46.2 Å². The molecule has 0 radical (unpaired) electrons. The molecule has 1 aliphatic carbocycles. The molecule has 0 spiro atoms. The van der Waals surface area contributed by atoms with Crippen LogP contribution in [-0.4, -0.2) is 44.0 Å². The first-order valence-corrected chi connectivity index (χ1v) is 8.65. The lowest BCUT2D eigenvalue weighted by Gasteiger charge is -2.11. The van der Waals surface area contributed by atoms with Gasteiger partial charge in [0.25, 0.3) is 0 Å². The Kier molecular flexibility index (Phi) is 5.43. The van der Waals surface area contributed by atoms with Gasteiger partial charge in [-0.05, 0) is 25.8 Å². The fourth-order valence-corrected chi connectivity index (χ4v) is 4.53. The van der Waals surface area contributed by atoms with Crippen molar-refractivity contribution in [3.63, 3.8) is 0 Å². The summed E-state index contributed by atoms with van der Waals surface area (Å²) >= 11 is 1.82. The average molecular weight is 251 g/mol. The summed E-state index contributed by atoms with van der Waals surface area (Å²) in [6.07, 6.45) is 4.97. The Morgan fingerprint density at radius 3 is 2.73 bits per heavy atom. The van der Waals surface area contributed by atoms with Crippen LogP contribution in [0.25, 0.3) is 0 Å². The number of sulfone groups is 1. The van der Waals surface area contributed by atoms with Crippen LogP contribution in [0, 0.1) is 0 Å². The van der Waals surface area contributed by atoms with Crippen LogP contribution in [-0.2, 0) is 9.84 Å². The van der Waals surface area contributed by atoms with E-state index in [4.69, 9.17) is 0 Å². The molecular weight excluding hydrogens is 230 g/mol. The summed E-state index contributed by atoms with van der Waals surface area (Å²) in [5.74, 6) is 1.07. The van der Waals surface area contributed by atoms with Crippen LogP contribution >= 0.6 is 11.8 Å². The first kappa shape index (κ1) is 13.3. The molecule has 15 heavy (non-hydrogen) atoms. The van der Waals surface area contributed by atoms with Crippen LogP contribution in [0.3, 0.4) is 0 Å². The summed E-state index contributed by atoms with van der Waals surface area (Å²) < 4.78 is 21.9. The molecule has 1 aliphatic rings. The summed E-state index contributed by atoms with van der Waals surface area (Å²) in [5.41, 5.74) is 0. The van der Waals surface area contributed by atoms with Crippen molar-refractivity contribution < 1.29 is 8.42 Å². The number of rotatable bonds is 6. The lowest BCUT2D eigenvalue weighted by molar-refractivity contribution is 0.543. The molecule has 0 amide bonds. The van der Waals surface area contributed by atoms with E-state index in [0.29, 0.717) is 17.0 Å². The third-order valence-corrected chi connectivity index (χ3v) is 5.23. The van der Waals surface area contributed by atoms with E-state index in [0.717, 1.165) is 12.3 Å². The molecule has 1 saturated carbocycles. The predicted octanol–water partition coefficient (Wildman–Crippen LogP) is 1.29. The second-order valence-corrected chi connectivity index (χ2v) is 7.86. The smallest absolute Gasteiger partial charge is 0.148 e. The molecule has 1 N–H and O–H groups in total. The summed E-state index contributed by atoms with van der Waals surface area (Å²) in [7, 11) is -2.78. The van der Waals surface area contributed by atoms with Gasteiger partial charge in [0.1, 0.15) is 9.84 Å². The molecule has 0 aromatic rings. The van der Waals surface area contributed by atoms with E-state index in [1.54, 1.807) is 0 Å². The van der Waals surface area contributed by atoms with E-state index in [1.165, 1.54) is 25.5 Å². The lowest BCUT2D eigenvalue weighted by Crippen LogP contribution is -2.26. The van der Waals surface area contributed by atoms with Gasteiger partial charge in [0, 0.05) is 23.3 Å². The molecule has 0 aromatic carbocycles. The zero-order valence-electron chi connectivity index (χ0n) is 9.53. The van der Waals surface area contributed by atoms with Gasteiger partial charge in [-0.2, -0.15) is 11.8 Å². The molecule has 1 rings (SSSR count). The van der Waals surface area contributed by atoms with Crippen molar-refractivity contribution >= 4 is 21.6 Å². The third kappa shape index (κ3) is 5.78. The van der Waals surface area contributed by atoms with Crippen LogP contribution in [0.2, 0.25) is 0 Å². The molecule has 0 bridgehead atoms. The zero-order chi connectivity index (χ0) is 11.3. The largest absolute Gasteiger partial charge is 0.314 e. The molecule has 2 atom stereocenters. The number of thioether (sulfide) groups is 1. The van der Waals surface area contributed by atoms with Crippen LogP contribution in [0.4, 0.5) is 0 Å². The molecule has 90 valence electrons. The van der Waals surface area contributed by atoms with Gasteiger partial charge in [-0.15, -0.1) is 0 Å². The van der Waals surface area contributed by atoms with Crippen molar-refractivity contribution in [3.8, 4) is 0 Å². The van der Waals surface area contributed by atoms with Crippen LogP contribution in [0.5, 0.6) is 0 Å². The van der Waals surface area contributed by atoms with E-state index in [-0.39, 0.29) is 0 Å². The number of hydrogen-bond acceptors (Lipinski definition) is 4. The first-order valence-electron chi connectivity index (χ1n) is 5.54. The SMILES string of the molecule is CCNC1CCC(SCCS(C)(=O)=O)C1. The first-order chi connectivity index (χ1) is 7.01. The van der Waals surface area contributed by atoms with E-state index in [1.807, 2.05) is 11.8 Å². The van der Waals surface area contributed by atoms with Crippen molar-refractivity contribution in [1.29, 1.82) is 0 Å². The maximum Gasteiger partial charge on any atom is 0.148 e. The highest BCUT2D eigenvalue weighted by atomic mass is 32.2. The van der Waals surface area contributed by atoms with Gasteiger partial charge >= 0.3 is 0 Å². The van der Waals surface area contributed by atoms with Crippen molar-refractivity contribution in [2.24, 2.45) is 0 Å². The Labute approximate surface area is 97.3 Å². The Hall–Kier alpha value is 0.260. The van der Waals surface area contributed by atoms with Gasteiger partial charge in [0.05, 0.1) is 5.75 Å². The predicted molar refractivity (Wildman–Crippen MR) is 67.3 cm³/mol. The molecule has 0 aliphatic heterocycles. The minimum atomic E-state index is -2.78. The summed E-state index contributed by atoms with van der Waals surface area (Å²) in [5, 5.41) is 4.11. The monoisotopic (exact) mass is 251 g/mol. The molecule has 5 heteroatoms. The molecular formula is C10H21NO2S2. The summed E-state index contributed by atoms with van der Waals surface area (Å²) in [6.45, 7) is 3.16. The van der Waals surface area contributed by atoms with Crippen LogP contribution < -0.4 is 5.32 Å². The highest BCUT2D eigenvalue weighted by Crippen LogP contribution is 2.29. The molecule has 0 saturated heterocycles. The van der Waals surface area contributed by atoms with Crippen LogP contribution in [0.1, 0.15) is 26.2 Å². The molecule has 0 aromatic heterocycles. The van der Waals surface area contributed by atoms with Gasteiger partial charge in [-0.25, -0.2) is 8.42 Å². The zero-order valence-corrected chi connectivity index (χ0v) is 11.2. The standard InChI is InChI=1S/C10H21NO2S2/c1-3-11-9-4-5-10(8-9)14-6-7-15(2,12)13/h9-11H,3-8H2,1-2H3. The summed E-state index contributed by atoms with van der Waals surface area (Å²) in [4.78, 5) is 0. The molecule has 2 unspecified atom stereocenters. The quantitative estimate of drug-likeness (QED) is 0.773. The van der Waals surface area contributed by atoms with Gasteiger partial charge in [-0.1, -0.05) is 6.92 Å². The minimum absolute atomic E-state index is 0.319. The van der Waals surface area contributed by atoms with E-state index in [2.05, 4.69) is 12.2 Å². The van der Waals surface area contributed by atoms with E-state index >= 15 is 0 Å². The molecule has 3 nitrogen and oxygen atoms in total. The maximum absolute atomic E-state index is 10.9. The highest BCUT2D eigenvalue weighted by molar-refractivity contribution is 8.01. The normalized spacial score (nSPS) is 27.1. The molecule has 0 heterocycles. The van der Waals surface area contributed by atoms with Crippen molar-refractivity contribution in [2.45, 2.75) is 37.5 Å². The second kappa shape index (κ2) is 6.11. The second-order valence-electron chi connectivity index (χ2n) is 4.19. The van der Waals surface area contributed by atoms with Gasteiger partial charge in [0.2, 0.25) is 0 Å². The fraction of sp³-hybridized carbons (Fsp3) is 1.00. The van der Waals surface area contributed by atoms with Crippen molar-refractivity contribution in [1.82, 2.24) is 5.32 Å². The van der Waals surface area contributed by atoms with Crippen molar-refractivity contribution in [2.75, 3.05) is 24.3 Å². The lowest BCUT2D eigenvalue weighted by atomic mass is 10.2. The van der Waals surface area contributed by atoms with Gasteiger partial charge < -0.3 is 5.32 Å². The number of hydrogen-bond donors (Lipinski definition) is 1. The Bertz CT molecular complexity index is 277. The fourth-order valence-electron chi connectivity index (χ4n) is 1.93. The highest BCUT2D eigenvalue weighted by Gasteiger charge is 2.24. The molecule has 1 fully saturated rings. The Morgan fingerprint density at radius 2 is 2.13 bits per heavy atom. The Morgan fingerprint density at radius 1 is 1.40 bits per heavy atom. The van der Waals surface area contributed by atoms with E-state index in [9.17, 15) is 8.42 Å². The third-order valence-electron chi connectivity index (χ3n) is 2.68. The average Bonchev–Trinajstić information content (AvgIpc) is 2.51. The van der Waals surface area contributed by atoms with Gasteiger partial charge in [0.15, 0.2) is 0 Å². The number of nitrogens with one attached hydrogen (secondary N) is 1. The van der Waals surface area contributed by atoms with Gasteiger partial charge in [-0.3, -0.25) is 0 Å². The van der Waals surface area contributed by atoms with Crippen LogP contribution in [0.15, 0.2) is 0 Å².